The van der Waals surface area contributed by atoms with Gasteiger partial charge in [0.25, 0.3) is 5.91 Å². The number of anilines is 1. The van der Waals surface area contributed by atoms with Gasteiger partial charge in [0, 0.05) is 53.9 Å². The second kappa shape index (κ2) is 13.7. The molecular weight excluding hydrogens is 558 g/mol. The molecule has 228 valence electrons. The van der Waals surface area contributed by atoms with Crippen molar-refractivity contribution in [1.82, 2.24) is 9.88 Å². The van der Waals surface area contributed by atoms with E-state index in [0.29, 0.717) is 50.4 Å². The van der Waals surface area contributed by atoms with E-state index >= 15 is 0 Å². The first-order valence-corrected chi connectivity index (χ1v) is 16.8. The van der Waals surface area contributed by atoms with Gasteiger partial charge in [-0.05, 0) is 74.6 Å². The van der Waals surface area contributed by atoms with Crippen LogP contribution in [-0.4, -0.2) is 65.6 Å². The summed E-state index contributed by atoms with van der Waals surface area (Å²) in [6, 6.07) is 15.8. The van der Waals surface area contributed by atoms with E-state index in [1.54, 1.807) is 17.4 Å². The van der Waals surface area contributed by atoms with Crippen molar-refractivity contribution in [3.8, 4) is 0 Å². The molecule has 0 radical (unpaired) electrons. The molecule has 2 saturated heterocycles. The number of rotatable bonds is 10. The fraction of sp³-hybridized carbons (Fsp3) is 0.514. The van der Waals surface area contributed by atoms with Crippen molar-refractivity contribution in [2.75, 3.05) is 37.7 Å². The normalized spacial score (nSPS) is 20.8. The van der Waals surface area contributed by atoms with Gasteiger partial charge >= 0.3 is 0 Å². The summed E-state index contributed by atoms with van der Waals surface area (Å²) >= 11 is 1.61. The minimum atomic E-state index is -0.526. The fourth-order valence-electron chi connectivity index (χ4n) is 7.13. The van der Waals surface area contributed by atoms with Gasteiger partial charge in [-0.3, -0.25) is 9.59 Å². The number of hydrogen-bond acceptors (Lipinski definition) is 7. The summed E-state index contributed by atoms with van der Waals surface area (Å²) in [5, 5.41) is 14.5. The van der Waals surface area contributed by atoms with Crippen LogP contribution in [0.4, 0.5) is 5.69 Å². The topological polar surface area (TPSA) is 83.0 Å². The lowest BCUT2D eigenvalue weighted by Gasteiger charge is -2.30. The maximum absolute atomic E-state index is 14.1. The molecule has 43 heavy (non-hydrogen) atoms. The van der Waals surface area contributed by atoms with Crippen molar-refractivity contribution in [2.24, 2.45) is 11.8 Å². The van der Waals surface area contributed by atoms with Crippen LogP contribution in [-0.2, 0) is 11.2 Å². The third-order valence-electron chi connectivity index (χ3n) is 9.45. The number of aromatic nitrogens is 1. The van der Waals surface area contributed by atoms with E-state index in [1.807, 2.05) is 47.5 Å². The van der Waals surface area contributed by atoms with Gasteiger partial charge in [0.1, 0.15) is 5.01 Å². The Morgan fingerprint density at radius 3 is 2.47 bits per heavy atom. The molecule has 1 saturated carbocycles. The highest BCUT2D eigenvalue weighted by Gasteiger charge is 2.34. The number of likely N-dealkylation sites (tertiary alicyclic amines) is 1. The summed E-state index contributed by atoms with van der Waals surface area (Å²) in [6.07, 6.45) is 6.51. The highest BCUT2D eigenvalue weighted by atomic mass is 32.1. The van der Waals surface area contributed by atoms with Crippen molar-refractivity contribution in [1.29, 1.82) is 0 Å². The maximum Gasteiger partial charge on any atom is 0.254 e. The third kappa shape index (κ3) is 7.03. The molecule has 1 aromatic heterocycles. The lowest BCUT2D eigenvalue weighted by Crippen LogP contribution is -2.37. The molecule has 3 atom stereocenters. The largest absolute Gasteiger partial charge is 0.393 e. The molecule has 0 spiro atoms. The highest BCUT2D eigenvalue weighted by molar-refractivity contribution is 7.09. The molecule has 2 aliphatic heterocycles. The molecule has 2 aromatic carbocycles. The molecule has 1 amide bonds. The number of hydrogen-bond donors (Lipinski definition) is 1. The molecule has 7 nitrogen and oxygen atoms in total. The quantitative estimate of drug-likeness (QED) is 0.277. The van der Waals surface area contributed by atoms with E-state index in [9.17, 15) is 14.7 Å². The Kier molecular flexibility index (Phi) is 9.55. The second-order valence-electron chi connectivity index (χ2n) is 12.5. The number of Topliss-reactive ketones (excluding diaryl/α,β-unsaturated/α-hetero) is 1. The predicted octanol–water partition coefficient (Wildman–Crippen LogP) is 6.25. The number of ether oxygens (including phenoxy) is 1. The summed E-state index contributed by atoms with van der Waals surface area (Å²) in [5.41, 5.74) is 4.08. The number of aryl methyl sites for hydroxylation is 1. The van der Waals surface area contributed by atoms with Crippen LogP contribution in [0.15, 0.2) is 53.9 Å². The Morgan fingerprint density at radius 2 is 1.74 bits per heavy atom. The van der Waals surface area contributed by atoms with Gasteiger partial charge in [-0.2, -0.15) is 0 Å². The Labute approximate surface area is 258 Å². The average molecular weight is 602 g/mol. The molecular formula is C35H43N3O4S. The van der Waals surface area contributed by atoms with Crippen molar-refractivity contribution in [3.63, 3.8) is 0 Å². The fourth-order valence-corrected chi connectivity index (χ4v) is 8.07. The Hall–Kier alpha value is -3.07. The van der Waals surface area contributed by atoms with Gasteiger partial charge in [0.05, 0.1) is 25.4 Å². The van der Waals surface area contributed by atoms with E-state index < -0.39 is 6.10 Å². The molecule has 3 fully saturated rings. The number of carbonyl (C=O) groups is 2. The van der Waals surface area contributed by atoms with Gasteiger partial charge in [0.15, 0.2) is 5.78 Å². The van der Waals surface area contributed by atoms with Crippen LogP contribution < -0.4 is 4.90 Å². The lowest BCUT2D eigenvalue weighted by atomic mass is 9.81. The van der Waals surface area contributed by atoms with Crippen molar-refractivity contribution < 1.29 is 19.4 Å². The first-order valence-electron chi connectivity index (χ1n) is 15.9. The van der Waals surface area contributed by atoms with Crippen LogP contribution in [0.2, 0.25) is 0 Å². The number of amides is 1. The molecule has 3 heterocycles. The van der Waals surface area contributed by atoms with E-state index in [2.05, 4.69) is 17.0 Å². The van der Waals surface area contributed by atoms with E-state index in [-0.39, 0.29) is 36.0 Å². The number of aliphatic hydroxyl groups excluding tert-OH is 1. The molecule has 0 unspecified atom stereocenters. The van der Waals surface area contributed by atoms with Gasteiger partial charge < -0.3 is 19.6 Å². The number of carbonyl (C=O) groups excluding carboxylic acids is 2. The zero-order chi connectivity index (χ0) is 29.8. The zero-order valence-corrected chi connectivity index (χ0v) is 25.9. The smallest absolute Gasteiger partial charge is 0.254 e. The Morgan fingerprint density at radius 1 is 1.00 bits per heavy atom. The summed E-state index contributed by atoms with van der Waals surface area (Å²) in [4.78, 5) is 37.0. The summed E-state index contributed by atoms with van der Waals surface area (Å²) in [6.45, 7) is 5.33. The van der Waals surface area contributed by atoms with E-state index in [0.717, 1.165) is 60.5 Å². The highest BCUT2D eigenvalue weighted by Crippen LogP contribution is 2.37. The molecule has 3 aliphatic rings. The molecule has 1 N–H and O–H groups in total. The van der Waals surface area contributed by atoms with E-state index in [4.69, 9.17) is 9.72 Å². The first kappa shape index (κ1) is 30.0. The monoisotopic (exact) mass is 601 g/mol. The second-order valence-corrected chi connectivity index (χ2v) is 13.4. The summed E-state index contributed by atoms with van der Waals surface area (Å²) in [7, 11) is 0. The first-order chi connectivity index (χ1) is 21.0. The van der Waals surface area contributed by atoms with Gasteiger partial charge in [-0.1, -0.05) is 43.2 Å². The van der Waals surface area contributed by atoms with Gasteiger partial charge in [-0.25, -0.2) is 4.98 Å². The number of ketones is 1. The predicted molar refractivity (Wildman–Crippen MR) is 170 cm³/mol. The van der Waals surface area contributed by atoms with Crippen LogP contribution in [0.3, 0.4) is 0 Å². The third-order valence-corrected chi connectivity index (χ3v) is 10.5. The summed E-state index contributed by atoms with van der Waals surface area (Å²) in [5.74, 6) is -0.0118. The van der Waals surface area contributed by atoms with Crippen LogP contribution >= 0.6 is 11.3 Å². The molecule has 3 aromatic rings. The SMILES string of the molecule is Cc1csc([C@H]2CCCN2C(=O)c2cc(C(=O)C[C@@H](Cc3ccccc3)[C@H](O)C3CCCC3)cc(N3CCOCC3)c2)n1. The molecule has 8 heteroatoms. The Balaban J connectivity index is 1.29. The number of benzene rings is 2. The summed E-state index contributed by atoms with van der Waals surface area (Å²) < 4.78 is 5.59. The zero-order valence-electron chi connectivity index (χ0n) is 25.1. The molecule has 6 rings (SSSR count). The van der Waals surface area contributed by atoms with Crippen molar-refractivity contribution in [2.45, 2.75) is 70.4 Å². The number of nitrogens with zero attached hydrogens (tertiary/aromatic N) is 3. The van der Waals surface area contributed by atoms with E-state index in [1.165, 1.54) is 0 Å². The maximum atomic E-state index is 14.1. The molecule has 1 aliphatic carbocycles. The van der Waals surface area contributed by atoms with Crippen molar-refractivity contribution >= 4 is 28.7 Å². The Bertz CT molecular complexity index is 1400. The standard InChI is InChI=1S/C35H43N3O4S/c1-24-23-43-34(36-24)31-12-7-13-38(31)35(41)29-19-27(20-30(21-29)37-14-16-42-17-15-37)32(39)22-28(18-25-8-3-2-4-9-25)33(40)26-10-5-6-11-26/h2-4,8-9,19-21,23,26,28,31,33,40H,5-7,10-18,22H2,1H3/t28-,31-,33-/m1/s1. The lowest BCUT2D eigenvalue weighted by molar-refractivity contribution is 0.0456. The van der Waals surface area contributed by atoms with Gasteiger partial charge in [0.2, 0.25) is 0 Å². The minimum absolute atomic E-state index is 0.0179. The van der Waals surface area contributed by atoms with Crippen molar-refractivity contribution in [3.05, 3.63) is 81.3 Å². The van der Waals surface area contributed by atoms with Crippen LogP contribution in [0, 0.1) is 18.8 Å². The number of thiazole rings is 1. The van der Waals surface area contributed by atoms with Crippen LogP contribution in [0.25, 0.3) is 0 Å². The number of morpholine rings is 1. The molecule has 0 bridgehead atoms. The minimum Gasteiger partial charge on any atom is -0.393 e. The number of aliphatic hydroxyl groups is 1. The average Bonchev–Trinajstić information content (AvgIpc) is 3.83. The van der Waals surface area contributed by atoms with Gasteiger partial charge in [-0.15, -0.1) is 11.3 Å². The van der Waals surface area contributed by atoms with Crippen LogP contribution in [0.5, 0.6) is 0 Å². The van der Waals surface area contributed by atoms with Crippen LogP contribution in [0.1, 0.15) is 88.0 Å².